The van der Waals surface area contributed by atoms with E-state index in [0.29, 0.717) is 0 Å². The van der Waals surface area contributed by atoms with Crippen LogP contribution >= 0.6 is 0 Å². The van der Waals surface area contributed by atoms with Crippen LogP contribution in [0.5, 0.6) is 0 Å². The monoisotopic (exact) mass is 1240 g/mol. The smallest absolute Gasteiger partial charge is 0.222 e. The fourth-order valence-electron chi connectivity index (χ4n) is 9.88. The van der Waals surface area contributed by atoms with Crippen LogP contribution in [0.3, 0.4) is 0 Å². The molecule has 3 amide bonds. The maximum Gasteiger partial charge on any atom is 0.222 e. The molecule has 0 aromatic heterocycles. The molecule has 3 saturated heterocycles. The quantitative estimate of drug-likeness (QED) is 0.0252. The predicted octanol–water partition coefficient (Wildman–Crippen LogP) is -9.79. The summed E-state index contributed by atoms with van der Waals surface area (Å²) >= 11 is 0. The number of hydrogen-bond acceptors (Lipinski definition) is 31. The van der Waals surface area contributed by atoms with Gasteiger partial charge in [-0.05, 0) is 0 Å². The third kappa shape index (κ3) is 22.0. The zero-order chi connectivity index (χ0) is 61.8. The van der Waals surface area contributed by atoms with E-state index in [1.54, 1.807) is 0 Å². The number of carbonyl (C=O) groups is 3. The van der Waals surface area contributed by atoms with Gasteiger partial charge in [-0.15, -0.1) is 0 Å². The van der Waals surface area contributed by atoms with Crippen LogP contribution in [0.25, 0.3) is 0 Å². The summed E-state index contributed by atoms with van der Waals surface area (Å²) in [6.07, 6.45) is -14.2. The molecule has 3 aliphatic heterocycles. The van der Waals surface area contributed by atoms with Gasteiger partial charge < -0.3 is 154 Å². The molecular weight excluding hydrogens is 1150 g/mol. The van der Waals surface area contributed by atoms with Crippen molar-refractivity contribution in [2.75, 3.05) is 178 Å². The molecule has 0 bridgehead atoms. The average Bonchev–Trinajstić information content (AvgIpc) is 1.62. The van der Waals surface area contributed by atoms with E-state index in [9.17, 15) is 75.7 Å². The Hall–Kier alpha value is -2.71. The van der Waals surface area contributed by atoms with Crippen LogP contribution in [0, 0.1) is 23.7 Å². The third-order valence-electron chi connectivity index (χ3n) is 14.7. The lowest BCUT2D eigenvalue weighted by Gasteiger charge is -2.49. The lowest BCUT2D eigenvalue weighted by atomic mass is 9.89. The first-order chi connectivity index (χ1) is 40.8. The molecule has 34 nitrogen and oxygen atoms in total. The van der Waals surface area contributed by atoms with Crippen molar-refractivity contribution >= 4 is 17.7 Å². The van der Waals surface area contributed by atoms with E-state index in [1.807, 2.05) is 0 Å². The number of rotatable bonds is 48. The molecule has 0 aromatic carbocycles. The SMILES string of the molecule is NC(COCCC(=O)NCCOCCOCCO[C@H]1OC(CO)[C@@H](O)C(O)C1O)(COCCC(=O)NCCOCCOCCO[C@H]1OC2(O)C1C(O)[C@H](O)C2CO)COCCC(=O)NCCOCCOCCO[C@H]1OC2(O)C1C(O)[C@H](O)C2CO. The average molecular weight is 1240 g/mol. The standard InChI is InChI=1S/C51H92N4O30/c52-49(30-79-9-3-36(61)55-6-12-73-15-18-76-21-24-82-48-45(68)44(67)41(64)33(27-58)83-48,28-77-7-1-34(59)53-4-10-71-13-16-74-19-22-80-46-37-42(65)39(62)31(25-56)50(37,69)84-46)29-78-8-2-35(60)54-5-11-72-14-17-75-20-23-81-47-38-43(66)40(63)32(26-57)51(38,70)85-47/h31-33,37-48,56-58,62-70H,1-30,52H2,(H,53,59)(H,54,60)(H,55,61)/t31?,32?,33?,37?,38?,39-,40-,41-,42?,43?,44?,45?,46+,47+,48+,49?,50?,51?/m1/s1. The summed E-state index contributed by atoms with van der Waals surface area (Å²) in [6.45, 7) is 0.839. The number of carbonyl (C=O) groups excluding carboxylic acids is 3. The first kappa shape index (κ1) is 73.0. The van der Waals surface area contributed by atoms with Crippen molar-refractivity contribution in [2.24, 2.45) is 29.4 Å². The summed E-state index contributed by atoms with van der Waals surface area (Å²) < 4.78 is 82.3. The Morgan fingerprint density at radius 2 is 0.729 bits per heavy atom. The molecule has 2 saturated carbocycles. The molecule has 2 aliphatic carbocycles. The molecule has 3 heterocycles. The number of aliphatic hydroxyl groups excluding tert-OH is 10. The Balaban J connectivity index is 0.879. The van der Waals surface area contributed by atoms with Gasteiger partial charge in [-0.25, -0.2) is 0 Å². The molecule has 0 radical (unpaired) electrons. The molecule has 17 atom stereocenters. The first-order valence-electron chi connectivity index (χ1n) is 28.5. The van der Waals surface area contributed by atoms with Gasteiger partial charge in [0.15, 0.2) is 30.4 Å². The Morgan fingerprint density at radius 3 is 1.07 bits per heavy atom. The minimum Gasteiger partial charge on any atom is -0.396 e. The van der Waals surface area contributed by atoms with Gasteiger partial charge >= 0.3 is 0 Å². The van der Waals surface area contributed by atoms with E-state index in [1.165, 1.54) is 0 Å². The van der Waals surface area contributed by atoms with Crippen LogP contribution in [-0.4, -0.2) is 342 Å². The summed E-state index contributed by atoms with van der Waals surface area (Å²) in [7, 11) is 0. The summed E-state index contributed by atoms with van der Waals surface area (Å²) in [5.74, 6) is -8.58. The molecule has 0 spiro atoms. The number of fused-ring (bicyclic) bond motifs is 2. The molecule has 0 aromatic rings. The summed E-state index contributed by atoms with van der Waals surface area (Å²) in [5.41, 5.74) is 5.38. The van der Waals surface area contributed by atoms with E-state index in [4.69, 9.17) is 76.8 Å². The number of aliphatic hydroxyl groups is 12. The van der Waals surface area contributed by atoms with Gasteiger partial charge in [-0.2, -0.15) is 0 Å². The van der Waals surface area contributed by atoms with Gasteiger partial charge in [0, 0.05) is 38.9 Å². The Bertz CT molecular complexity index is 1810. The second-order valence-corrected chi connectivity index (χ2v) is 20.9. The van der Waals surface area contributed by atoms with Crippen LogP contribution in [0.1, 0.15) is 19.3 Å². The normalized spacial score (nSPS) is 32.9. The molecule has 34 heteroatoms. The molecule has 85 heavy (non-hydrogen) atoms. The fourth-order valence-corrected chi connectivity index (χ4v) is 9.88. The van der Waals surface area contributed by atoms with Gasteiger partial charge in [-0.3, -0.25) is 14.4 Å². The number of ether oxygens (including phenoxy) is 15. The molecular formula is C51H92N4O30. The minimum absolute atomic E-state index is 0.00985. The van der Waals surface area contributed by atoms with E-state index < -0.39 is 128 Å². The lowest BCUT2D eigenvalue weighted by Crippen LogP contribution is -2.63. The highest BCUT2D eigenvalue weighted by Gasteiger charge is 2.72. The highest BCUT2D eigenvalue weighted by molar-refractivity contribution is 5.76. The summed E-state index contributed by atoms with van der Waals surface area (Å²) in [6, 6.07) is 0. The third-order valence-corrected chi connectivity index (χ3v) is 14.7. The predicted molar refractivity (Wildman–Crippen MR) is 281 cm³/mol. The highest BCUT2D eigenvalue weighted by atomic mass is 16.8. The van der Waals surface area contributed by atoms with Crippen molar-refractivity contribution in [1.29, 1.82) is 0 Å². The maximum absolute atomic E-state index is 12.5. The summed E-state index contributed by atoms with van der Waals surface area (Å²) in [4.78, 5) is 37.5. The number of hydrogen-bond donors (Lipinski definition) is 16. The van der Waals surface area contributed by atoms with Crippen LogP contribution in [0.4, 0.5) is 0 Å². The topological polar surface area (TPSA) is 495 Å². The molecule has 496 valence electrons. The van der Waals surface area contributed by atoms with Gasteiger partial charge in [0.05, 0.1) is 212 Å². The van der Waals surface area contributed by atoms with Crippen molar-refractivity contribution in [2.45, 2.75) is 104 Å². The van der Waals surface area contributed by atoms with Crippen molar-refractivity contribution in [1.82, 2.24) is 16.0 Å². The fraction of sp³-hybridized carbons (Fsp3) is 0.941. The Kier molecular flexibility index (Phi) is 32.7. The van der Waals surface area contributed by atoms with Gasteiger partial charge in [-0.1, -0.05) is 0 Å². The van der Waals surface area contributed by atoms with E-state index in [2.05, 4.69) is 16.0 Å². The lowest BCUT2D eigenvalue weighted by molar-refractivity contribution is -0.439. The van der Waals surface area contributed by atoms with Crippen LogP contribution in [-0.2, 0) is 85.4 Å². The Labute approximate surface area is 491 Å². The number of nitrogens with two attached hydrogens (primary N) is 1. The van der Waals surface area contributed by atoms with Crippen molar-refractivity contribution in [3.63, 3.8) is 0 Å². The van der Waals surface area contributed by atoms with E-state index in [-0.39, 0.29) is 195 Å². The second kappa shape index (κ2) is 38.1. The van der Waals surface area contributed by atoms with E-state index in [0.717, 1.165) is 0 Å². The largest absolute Gasteiger partial charge is 0.396 e. The highest BCUT2D eigenvalue weighted by Crippen LogP contribution is 2.54. The zero-order valence-corrected chi connectivity index (χ0v) is 47.7. The van der Waals surface area contributed by atoms with Crippen LogP contribution < -0.4 is 21.7 Å². The zero-order valence-electron chi connectivity index (χ0n) is 47.7. The summed E-state index contributed by atoms with van der Waals surface area (Å²) in [5, 5.41) is 128. The second-order valence-electron chi connectivity index (χ2n) is 20.9. The van der Waals surface area contributed by atoms with Crippen molar-refractivity contribution in [3.05, 3.63) is 0 Å². The molecule has 5 fully saturated rings. The maximum atomic E-state index is 12.5. The Morgan fingerprint density at radius 1 is 0.400 bits per heavy atom. The van der Waals surface area contributed by atoms with Crippen LogP contribution in [0.2, 0.25) is 0 Å². The minimum atomic E-state index is -1.86. The molecule has 5 aliphatic rings. The van der Waals surface area contributed by atoms with Gasteiger partial charge in [0.25, 0.3) is 0 Å². The number of amides is 3. The first-order valence-corrected chi connectivity index (χ1v) is 28.5. The van der Waals surface area contributed by atoms with Crippen molar-refractivity contribution in [3.8, 4) is 0 Å². The molecule has 17 N–H and O–H groups in total. The van der Waals surface area contributed by atoms with E-state index >= 15 is 0 Å². The van der Waals surface area contributed by atoms with Gasteiger partial charge in [0.1, 0.15) is 24.4 Å². The van der Waals surface area contributed by atoms with Gasteiger partial charge in [0.2, 0.25) is 17.7 Å². The van der Waals surface area contributed by atoms with Crippen LogP contribution in [0.15, 0.2) is 0 Å². The molecule has 5 rings (SSSR count). The number of nitrogens with one attached hydrogen (secondary N) is 3. The molecule has 11 unspecified atom stereocenters. The van der Waals surface area contributed by atoms with Crippen molar-refractivity contribution < 1.29 is 147 Å².